The summed E-state index contributed by atoms with van der Waals surface area (Å²) in [6, 6.07) is 4.35. The predicted octanol–water partition coefficient (Wildman–Crippen LogP) is 2.64. The lowest BCUT2D eigenvalue weighted by atomic mass is 10.0. The standard InChI is InChI=1S/C12H11F2NO3/c1-3-17-11(16)8-4-7(2)5-10(9(8)6-15)18-12(13)14/h4-5,12H,3H2,1-2H3. The molecule has 0 spiro atoms. The molecule has 0 saturated heterocycles. The molecule has 0 saturated carbocycles. The molecular formula is C12H11F2NO3. The van der Waals surface area contributed by atoms with Crippen LogP contribution in [0.25, 0.3) is 0 Å². The van der Waals surface area contributed by atoms with Crippen molar-refractivity contribution in [3.05, 3.63) is 28.8 Å². The van der Waals surface area contributed by atoms with Crippen molar-refractivity contribution in [2.45, 2.75) is 20.5 Å². The SMILES string of the molecule is CCOC(=O)c1cc(C)cc(OC(F)F)c1C#N. The Labute approximate surface area is 103 Å². The molecule has 1 aromatic carbocycles. The van der Waals surface area contributed by atoms with Gasteiger partial charge in [-0.3, -0.25) is 0 Å². The maximum absolute atomic E-state index is 12.2. The monoisotopic (exact) mass is 255 g/mol. The second-order valence-electron chi connectivity index (χ2n) is 3.40. The highest BCUT2D eigenvalue weighted by molar-refractivity contribution is 5.93. The zero-order chi connectivity index (χ0) is 13.7. The normalized spacial score (nSPS) is 10.0. The largest absolute Gasteiger partial charge is 0.462 e. The van der Waals surface area contributed by atoms with Gasteiger partial charge in [0.05, 0.1) is 12.2 Å². The second kappa shape index (κ2) is 5.96. The summed E-state index contributed by atoms with van der Waals surface area (Å²) in [6.07, 6.45) is 0. The predicted molar refractivity (Wildman–Crippen MR) is 58.5 cm³/mol. The number of rotatable bonds is 4. The second-order valence-corrected chi connectivity index (χ2v) is 3.40. The van der Waals surface area contributed by atoms with Crippen LogP contribution in [0.1, 0.15) is 28.4 Å². The third-order valence-electron chi connectivity index (χ3n) is 2.07. The number of alkyl halides is 2. The molecule has 0 amide bonds. The van der Waals surface area contributed by atoms with Crippen LogP contribution in [0.2, 0.25) is 0 Å². The van der Waals surface area contributed by atoms with Gasteiger partial charge in [0.2, 0.25) is 0 Å². The van der Waals surface area contributed by atoms with Gasteiger partial charge in [-0.15, -0.1) is 0 Å². The van der Waals surface area contributed by atoms with E-state index in [0.29, 0.717) is 5.56 Å². The molecule has 0 radical (unpaired) electrons. The van der Waals surface area contributed by atoms with Gasteiger partial charge in [0.15, 0.2) is 0 Å². The minimum absolute atomic E-state index is 0.0741. The van der Waals surface area contributed by atoms with Gasteiger partial charge in [0, 0.05) is 0 Å². The van der Waals surface area contributed by atoms with Crippen LogP contribution in [0.15, 0.2) is 12.1 Å². The molecule has 0 bridgehead atoms. The van der Waals surface area contributed by atoms with Crippen molar-refractivity contribution < 1.29 is 23.0 Å². The van der Waals surface area contributed by atoms with Crippen molar-refractivity contribution in [2.24, 2.45) is 0 Å². The van der Waals surface area contributed by atoms with E-state index in [9.17, 15) is 13.6 Å². The van der Waals surface area contributed by atoms with Crippen LogP contribution in [0.3, 0.4) is 0 Å². The third-order valence-corrected chi connectivity index (χ3v) is 2.07. The summed E-state index contributed by atoms with van der Waals surface area (Å²) in [5, 5.41) is 8.94. The fraction of sp³-hybridized carbons (Fsp3) is 0.333. The molecule has 0 unspecified atom stereocenters. The number of carbonyl (C=O) groups is 1. The maximum atomic E-state index is 12.2. The van der Waals surface area contributed by atoms with Crippen LogP contribution in [0.5, 0.6) is 5.75 Å². The quantitative estimate of drug-likeness (QED) is 0.776. The van der Waals surface area contributed by atoms with Gasteiger partial charge in [-0.25, -0.2) is 4.79 Å². The lowest BCUT2D eigenvalue weighted by Crippen LogP contribution is -2.11. The van der Waals surface area contributed by atoms with Crippen LogP contribution in [-0.2, 0) is 4.74 Å². The smallest absolute Gasteiger partial charge is 0.387 e. The fourth-order valence-corrected chi connectivity index (χ4v) is 1.43. The number of carbonyl (C=O) groups excluding carboxylic acids is 1. The van der Waals surface area contributed by atoms with Crippen molar-refractivity contribution in [3.63, 3.8) is 0 Å². The van der Waals surface area contributed by atoms with Crippen molar-refractivity contribution >= 4 is 5.97 Å². The Morgan fingerprint density at radius 2 is 2.17 bits per heavy atom. The average Bonchev–Trinajstić information content (AvgIpc) is 2.27. The number of benzene rings is 1. The molecule has 0 aliphatic rings. The number of nitriles is 1. The van der Waals surface area contributed by atoms with Gasteiger partial charge >= 0.3 is 12.6 Å². The first-order chi connectivity index (χ1) is 8.49. The molecule has 0 aliphatic heterocycles. The zero-order valence-corrected chi connectivity index (χ0v) is 9.87. The molecule has 4 nitrogen and oxygen atoms in total. The zero-order valence-electron chi connectivity index (χ0n) is 9.87. The fourth-order valence-electron chi connectivity index (χ4n) is 1.43. The summed E-state index contributed by atoms with van der Waals surface area (Å²) in [5.41, 5.74) is 0.196. The van der Waals surface area contributed by atoms with Crippen LogP contribution in [0.4, 0.5) is 8.78 Å². The lowest BCUT2D eigenvalue weighted by Gasteiger charge is -2.11. The summed E-state index contributed by atoms with van der Waals surface area (Å²) in [6.45, 7) is 0.273. The number of aryl methyl sites for hydroxylation is 1. The minimum Gasteiger partial charge on any atom is -0.462 e. The Hall–Kier alpha value is -2.16. The van der Waals surface area contributed by atoms with Crippen molar-refractivity contribution in [3.8, 4) is 11.8 Å². The highest BCUT2D eigenvalue weighted by atomic mass is 19.3. The number of hydrogen-bond acceptors (Lipinski definition) is 4. The van der Waals surface area contributed by atoms with E-state index in [1.54, 1.807) is 19.9 Å². The van der Waals surface area contributed by atoms with E-state index in [2.05, 4.69) is 4.74 Å². The van der Waals surface area contributed by atoms with Crippen molar-refractivity contribution in [2.75, 3.05) is 6.61 Å². The van der Waals surface area contributed by atoms with E-state index in [0.717, 1.165) is 0 Å². The summed E-state index contributed by atoms with van der Waals surface area (Å²) in [4.78, 5) is 11.6. The third kappa shape index (κ3) is 3.17. The molecule has 0 N–H and O–H groups in total. The van der Waals surface area contributed by atoms with Crippen molar-refractivity contribution in [1.82, 2.24) is 0 Å². The highest BCUT2D eigenvalue weighted by Crippen LogP contribution is 2.26. The summed E-state index contributed by atoms with van der Waals surface area (Å²) in [7, 11) is 0. The molecule has 1 aromatic rings. The Kier molecular flexibility index (Phi) is 4.60. The number of halogens is 2. The van der Waals surface area contributed by atoms with Crippen LogP contribution >= 0.6 is 0 Å². The lowest BCUT2D eigenvalue weighted by molar-refractivity contribution is -0.0501. The van der Waals surface area contributed by atoms with E-state index in [1.165, 1.54) is 12.1 Å². The topological polar surface area (TPSA) is 59.3 Å². The van der Waals surface area contributed by atoms with Gasteiger partial charge in [-0.1, -0.05) is 0 Å². The first kappa shape index (κ1) is 13.9. The highest BCUT2D eigenvalue weighted by Gasteiger charge is 2.19. The molecule has 0 atom stereocenters. The van der Waals surface area contributed by atoms with Crippen LogP contribution in [-0.4, -0.2) is 19.2 Å². The Morgan fingerprint density at radius 3 is 2.67 bits per heavy atom. The summed E-state index contributed by atoms with van der Waals surface area (Å²) >= 11 is 0. The molecule has 0 aliphatic carbocycles. The maximum Gasteiger partial charge on any atom is 0.387 e. The Bertz CT molecular complexity index is 495. The minimum atomic E-state index is -3.06. The molecule has 6 heteroatoms. The van der Waals surface area contributed by atoms with E-state index in [4.69, 9.17) is 10.00 Å². The van der Waals surface area contributed by atoms with Gasteiger partial charge in [0.1, 0.15) is 17.4 Å². The molecule has 0 aromatic heterocycles. The van der Waals surface area contributed by atoms with Gasteiger partial charge < -0.3 is 9.47 Å². The first-order valence-corrected chi connectivity index (χ1v) is 5.16. The molecule has 96 valence electrons. The van der Waals surface area contributed by atoms with Crippen LogP contribution in [0, 0.1) is 18.3 Å². The summed E-state index contributed by atoms with van der Waals surface area (Å²) in [5.74, 6) is -1.06. The van der Waals surface area contributed by atoms with E-state index >= 15 is 0 Å². The number of ether oxygens (including phenoxy) is 2. The van der Waals surface area contributed by atoms with Gasteiger partial charge in [-0.2, -0.15) is 14.0 Å². The average molecular weight is 255 g/mol. The van der Waals surface area contributed by atoms with Crippen molar-refractivity contribution in [1.29, 1.82) is 5.26 Å². The number of hydrogen-bond donors (Lipinski definition) is 0. The molecule has 1 rings (SSSR count). The molecule has 18 heavy (non-hydrogen) atoms. The van der Waals surface area contributed by atoms with E-state index in [1.807, 2.05) is 0 Å². The van der Waals surface area contributed by atoms with Gasteiger partial charge in [0.25, 0.3) is 0 Å². The molecule has 0 heterocycles. The number of nitrogens with zero attached hydrogens (tertiary/aromatic N) is 1. The van der Waals surface area contributed by atoms with E-state index < -0.39 is 12.6 Å². The Morgan fingerprint density at radius 1 is 1.50 bits per heavy atom. The van der Waals surface area contributed by atoms with Crippen LogP contribution < -0.4 is 4.74 Å². The van der Waals surface area contributed by atoms with Gasteiger partial charge in [-0.05, 0) is 31.5 Å². The molecule has 0 fully saturated rings. The molecular weight excluding hydrogens is 244 g/mol. The van der Waals surface area contributed by atoms with E-state index in [-0.39, 0.29) is 23.5 Å². The Balaban J connectivity index is 3.29. The number of esters is 1. The first-order valence-electron chi connectivity index (χ1n) is 5.16. The summed E-state index contributed by atoms with van der Waals surface area (Å²) < 4.78 is 33.4.